The molecule has 1 unspecified atom stereocenters. The minimum absolute atomic E-state index is 0.00741. The van der Waals surface area contributed by atoms with Crippen molar-refractivity contribution in [2.75, 3.05) is 6.54 Å². The SMILES string of the molecule is CCC(CNC(=O)c1nn(C)c(=O)[nH]1)Cc1c(F)cc(F)cc1F. The van der Waals surface area contributed by atoms with E-state index in [9.17, 15) is 22.8 Å². The molecule has 1 aromatic carbocycles. The molecule has 130 valence electrons. The van der Waals surface area contributed by atoms with Crippen molar-refractivity contribution >= 4 is 5.91 Å². The minimum atomic E-state index is -0.978. The first-order valence-corrected chi connectivity index (χ1v) is 7.36. The fourth-order valence-electron chi connectivity index (χ4n) is 2.24. The van der Waals surface area contributed by atoms with Crippen LogP contribution in [0.5, 0.6) is 0 Å². The van der Waals surface area contributed by atoms with E-state index in [4.69, 9.17) is 0 Å². The Kier molecular flexibility index (Phi) is 5.42. The van der Waals surface area contributed by atoms with Crippen molar-refractivity contribution in [1.29, 1.82) is 0 Å². The number of halogens is 3. The second kappa shape index (κ2) is 7.33. The van der Waals surface area contributed by atoms with E-state index in [1.165, 1.54) is 7.05 Å². The summed E-state index contributed by atoms with van der Waals surface area (Å²) in [5, 5.41) is 6.27. The summed E-state index contributed by atoms with van der Waals surface area (Å²) in [7, 11) is 1.39. The van der Waals surface area contributed by atoms with E-state index < -0.39 is 29.0 Å². The molecule has 1 atom stereocenters. The fraction of sp³-hybridized carbons (Fsp3) is 0.400. The summed E-state index contributed by atoms with van der Waals surface area (Å²) in [6.45, 7) is 1.93. The fourth-order valence-corrected chi connectivity index (χ4v) is 2.24. The van der Waals surface area contributed by atoms with Gasteiger partial charge in [0.05, 0.1) is 0 Å². The highest BCUT2D eigenvalue weighted by Crippen LogP contribution is 2.20. The number of H-pyrrole nitrogens is 1. The van der Waals surface area contributed by atoms with Crippen LogP contribution in [0, 0.1) is 23.4 Å². The molecule has 6 nitrogen and oxygen atoms in total. The van der Waals surface area contributed by atoms with Gasteiger partial charge in [-0.05, 0) is 12.3 Å². The van der Waals surface area contributed by atoms with Crippen molar-refractivity contribution < 1.29 is 18.0 Å². The number of amides is 1. The van der Waals surface area contributed by atoms with Crippen molar-refractivity contribution in [3.8, 4) is 0 Å². The van der Waals surface area contributed by atoms with E-state index >= 15 is 0 Å². The lowest BCUT2D eigenvalue weighted by Gasteiger charge is -2.16. The zero-order chi connectivity index (χ0) is 17.9. The summed E-state index contributed by atoms with van der Waals surface area (Å²) >= 11 is 0. The molecular formula is C15H17F3N4O2. The lowest BCUT2D eigenvalue weighted by Crippen LogP contribution is -2.31. The number of nitrogens with one attached hydrogen (secondary N) is 2. The summed E-state index contributed by atoms with van der Waals surface area (Å²) in [5.41, 5.74) is -0.744. The van der Waals surface area contributed by atoms with Crippen molar-refractivity contribution in [2.45, 2.75) is 19.8 Å². The molecule has 0 radical (unpaired) electrons. The van der Waals surface area contributed by atoms with Crippen molar-refractivity contribution in [3.63, 3.8) is 0 Å². The maximum atomic E-state index is 13.7. The number of nitrogens with zero attached hydrogens (tertiary/aromatic N) is 2. The topological polar surface area (TPSA) is 79.8 Å². The molecule has 0 aliphatic heterocycles. The highest BCUT2D eigenvalue weighted by Gasteiger charge is 2.18. The first-order chi connectivity index (χ1) is 11.3. The van der Waals surface area contributed by atoms with Crippen LogP contribution < -0.4 is 11.0 Å². The Morgan fingerprint density at radius 1 is 1.33 bits per heavy atom. The van der Waals surface area contributed by atoms with Crippen molar-refractivity contribution in [2.24, 2.45) is 13.0 Å². The van der Waals surface area contributed by atoms with Gasteiger partial charge in [-0.25, -0.2) is 22.6 Å². The van der Waals surface area contributed by atoms with E-state index in [1.807, 2.05) is 0 Å². The Morgan fingerprint density at radius 2 is 1.96 bits per heavy atom. The van der Waals surface area contributed by atoms with E-state index in [-0.39, 0.29) is 30.3 Å². The smallest absolute Gasteiger partial charge is 0.343 e. The molecule has 1 aromatic heterocycles. The lowest BCUT2D eigenvalue weighted by atomic mass is 9.96. The third kappa shape index (κ3) is 4.03. The average molecular weight is 342 g/mol. The number of benzene rings is 1. The number of carbonyl (C=O) groups excluding carboxylic acids is 1. The molecule has 0 saturated carbocycles. The van der Waals surface area contributed by atoms with Crippen LogP contribution in [-0.4, -0.2) is 27.2 Å². The minimum Gasteiger partial charge on any atom is -0.349 e. The molecule has 0 saturated heterocycles. The normalized spacial score (nSPS) is 12.2. The molecule has 1 heterocycles. The quantitative estimate of drug-likeness (QED) is 0.835. The Hall–Kier alpha value is -2.58. The molecule has 0 aliphatic carbocycles. The maximum absolute atomic E-state index is 13.7. The zero-order valence-corrected chi connectivity index (χ0v) is 13.2. The number of carbonyl (C=O) groups is 1. The van der Waals surface area contributed by atoms with Crippen LogP contribution in [0.4, 0.5) is 13.2 Å². The van der Waals surface area contributed by atoms with Crippen LogP contribution in [0.25, 0.3) is 0 Å². The van der Waals surface area contributed by atoms with Crippen molar-refractivity contribution in [1.82, 2.24) is 20.1 Å². The first-order valence-electron chi connectivity index (χ1n) is 7.36. The van der Waals surface area contributed by atoms with Gasteiger partial charge in [-0.15, -0.1) is 5.10 Å². The van der Waals surface area contributed by atoms with Crippen molar-refractivity contribution in [3.05, 3.63) is 51.5 Å². The molecule has 1 amide bonds. The predicted octanol–water partition coefficient (Wildman–Crippen LogP) is 1.52. The summed E-state index contributed by atoms with van der Waals surface area (Å²) in [6, 6.07) is 1.25. The highest BCUT2D eigenvalue weighted by molar-refractivity contribution is 5.90. The van der Waals surface area contributed by atoms with Crippen LogP contribution in [0.3, 0.4) is 0 Å². The Labute approximate surface area is 135 Å². The summed E-state index contributed by atoms with van der Waals surface area (Å²) < 4.78 is 41.3. The van der Waals surface area contributed by atoms with Gasteiger partial charge in [0, 0.05) is 31.3 Å². The molecular weight excluding hydrogens is 325 g/mol. The standard InChI is InChI=1S/C15H17F3N4O2/c1-3-8(4-10-11(17)5-9(16)6-12(10)18)7-19-14(23)13-20-15(24)22(2)21-13/h5-6,8H,3-4,7H2,1-2H3,(H,19,23)(H,20,21,24). The number of aromatic nitrogens is 3. The van der Waals surface area contributed by atoms with Gasteiger partial charge in [-0.1, -0.05) is 13.3 Å². The molecule has 0 spiro atoms. The van der Waals surface area contributed by atoms with Gasteiger partial charge in [-0.2, -0.15) is 0 Å². The molecule has 0 bridgehead atoms. The summed E-state index contributed by atoms with van der Waals surface area (Å²) in [4.78, 5) is 25.4. The van der Waals surface area contributed by atoms with E-state index in [0.29, 0.717) is 18.6 Å². The Balaban J connectivity index is 2.02. The van der Waals surface area contributed by atoms with Crippen LogP contribution in [0.1, 0.15) is 29.5 Å². The Morgan fingerprint density at radius 3 is 2.46 bits per heavy atom. The third-order valence-corrected chi connectivity index (χ3v) is 3.71. The van der Waals surface area contributed by atoms with Gasteiger partial charge >= 0.3 is 5.69 Å². The number of rotatable bonds is 6. The maximum Gasteiger partial charge on any atom is 0.343 e. The number of aromatic amines is 1. The number of aryl methyl sites for hydroxylation is 1. The van der Waals surface area contributed by atoms with Crippen LogP contribution >= 0.6 is 0 Å². The van der Waals surface area contributed by atoms with Gasteiger partial charge in [0.1, 0.15) is 17.5 Å². The van der Waals surface area contributed by atoms with E-state index in [2.05, 4.69) is 15.4 Å². The molecule has 0 fully saturated rings. The lowest BCUT2D eigenvalue weighted by molar-refractivity contribution is 0.0936. The van der Waals surface area contributed by atoms with E-state index in [0.717, 1.165) is 4.68 Å². The molecule has 24 heavy (non-hydrogen) atoms. The highest BCUT2D eigenvalue weighted by atomic mass is 19.1. The largest absolute Gasteiger partial charge is 0.349 e. The average Bonchev–Trinajstić information content (AvgIpc) is 2.85. The second-order valence-corrected chi connectivity index (χ2v) is 5.44. The van der Waals surface area contributed by atoms with Gasteiger partial charge in [0.2, 0.25) is 5.82 Å². The Bertz CT molecular complexity index is 777. The first kappa shape index (κ1) is 17.8. The molecule has 2 rings (SSSR count). The molecule has 2 aromatic rings. The van der Waals surface area contributed by atoms with Crippen LogP contribution in [0.15, 0.2) is 16.9 Å². The monoisotopic (exact) mass is 342 g/mol. The van der Waals surface area contributed by atoms with E-state index in [1.54, 1.807) is 6.92 Å². The van der Waals surface area contributed by atoms with Crippen LogP contribution in [-0.2, 0) is 13.5 Å². The number of hydrogen-bond donors (Lipinski definition) is 2. The summed E-state index contributed by atoms with van der Waals surface area (Å²) in [5.74, 6) is -3.88. The zero-order valence-electron chi connectivity index (χ0n) is 13.2. The van der Waals surface area contributed by atoms with Gasteiger partial charge < -0.3 is 5.32 Å². The third-order valence-electron chi connectivity index (χ3n) is 3.71. The molecule has 2 N–H and O–H groups in total. The predicted molar refractivity (Wildman–Crippen MR) is 80.0 cm³/mol. The second-order valence-electron chi connectivity index (χ2n) is 5.44. The molecule has 0 aliphatic rings. The van der Waals surface area contributed by atoms with Gasteiger partial charge in [0.25, 0.3) is 5.91 Å². The van der Waals surface area contributed by atoms with Gasteiger partial charge in [-0.3, -0.25) is 9.78 Å². The number of hydrogen-bond acceptors (Lipinski definition) is 3. The summed E-state index contributed by atoms with van der Waals surface area (Å²) in [6.07, 6.45) is 0.544. The molecule has 9 heteroatoms. The van der Waals surface area contributed by atoms with Crippen LogP contribution in [0.2, 0.25) is 0 Å². The van der Waals surface area contributed by atoms with Gasteiger partial charge in [0.15, 0.2) is 0 Å².